The summed E-state index contributed by atoms with van der Waals surface area (Å²) in [5.74, 6) is 0.885. The van der Waals surface area contributed by atoms with E-state index < -0.39 is 11.8 Å². The van der Waals surface area contributed by atoms with Crippen LogP contribution in [0.25, 0.3) is 0 Å². The van der Waals surface area contributed by atoms with Crippen molar-refractivity contribution in [3.05, 3.63) is 22.8 Å². The summed E-state index contributed by atoms with van der Waals surface area (Å²) in [5.41, 5.74) is 4.41. The Hall–Kier alpha value is -2.80. The molecule has 170 valence electrons. The Labute approximate surface area is 189 Å². The Morgan fingerprint density at radius 1 is 1.19 bits per heavy atom. The molecule has 4 atom stereocenters. The number of hydrogen-bond acceptors (Lipinski definition) is 7. The lowest BCUT2D eigenvalue weighted by Gasteiger charge is -2.52. The van der Waals surface area contributed by atoms with Crippen LogP contribution in [-0.2, 0) is 14.3 Å². The van der Waals surface area contributed by atoms with Gasteiger partial charge in [-0.25, -0.2) is 4.79 Å². The fraction of sp³-hybridized carbons (Fsp3) is 0.680. The van der Waals surface area contributed by atoms with E-state index in [1.807, 2.05) is 0 Å². The molecule has 0 bridgehead atoms. The SMILES string of the molecule is COC(=O)O[C@@]1(CC#N)CCC2C3CCC4=CC(=NOCCC#N)CCC4=C3CC[C@@]21C. The van der Waals surface area contributed by atoms with Gasteiger partial charge in [0.1, 0.15) is 12.2 Å². The van der Waals surface area contributed by atoms with Gasteiger partial charge in [-0.05, 0) is 80.4 Å². The summed E-state index contributed by atoms with van der Waals surface area (Å²) in [7, 11) is 1.32. The lowest BCUT2D eigenvalue weighted by molar-refractivity contribution is -0.110. The number of hydrogen-bond donors (Lipinski definition) is 0. The molecule has 0 aromatic heterocycles. The topological polar surface area (TPSA) is 105 Å². The van der Waals surface area contributed by atoms with Crippen LogP contribution in [0.4, 0.5) is 4.79 Å². The number of nitriles is 2. The molecule has 4 aliphatic carbocycles. The molecule has 7 nitrogen and oxygen atoms in total. The minimum absolute atomic E-state index is 0.213. The van der Waals surface area contributed by atoms with Gasteiger partial charge in [0, 0.05) is 5.41 Å². The largest absolute Gasteiger partial charge is 0.508 e. The molecular formula is C25H31N3O4. The van der Waals surface area contributed by atoms with Crippen LogP contribution >= 0.6 is 0 Å². The smallest absolute Gasteiger partial charge is 0.438 e. The molecule has 0 amide bonds. The highest BCUT2D eigenvalue weighted by atomic mass is 16.7. The molecule has 7 heteroatoms. The zero-order chi connectivity index (χ0) is 22.8. The third-order valence-electron chi connectivity index (χ3n) is 8.33. The number of ether oxygens (including phenoxy) is 2. The van der Waals surface area contributed by atoms with Crippen LogP contribution in [0.5, 0.6) is 0 Å². The minimum Gasteiger partial charge on any atom is -0.438 e. The van der Waals surface area contributed by atoms with Crippen molar-refractivity contribution in [3.63, 3.8) is 0 Å². The summed E-state index contributed by atoms with van der Waals surface area (Å²) in [6.45, 7) is 2.56. The van der Waals surface area contributed by atoms with Gasteiger partial charge in [0.05, 0.1) is 37.8 Å². The molecule has 2 saturated carbocycles. The summed E-state index contributed by atoms with van der Waals surface area (Å²) in [5, 5.41) is 22.4. The fourth-order valence-electron chi connectivity index (χ4n) is 6.75. The van der Waals surface area contributed by atoms with Crippen molar-refractivity contribution < 1.29 is 19.1 Å². The third-order valence-corrected chi connectivity index (χ3v) is 8.33. The van der Waals surface area contributed by atoms with Crippen LogP contribution in [0.1, 0.15) is 71.1 Å². The zero-order valence-corrected chi connectivity index (χ0v) is 19.0. The van der Waals surface area contributed by atoms with Gasteiger partial charge in [-0.15, -0.1) is 0 Å². The molecule has 4 rings (SSSR count). The van der Waals surface area contributed by atoms with Gasteiger partial charge in [-0.2, -0.15) is 10.5 Å². The van der Waals surface area contributed by atoms with E-state index in [1.165, 1.54) is 18.3 Å². The number of nitrogens with zero attached hydrogens (tertiary/aromatic N) is 3. The first kappa shape index (κ1) is 22.4. The van der Waals surface area contributed by atoms with Crippen LogP contribution in [-0.4, -0.2) is 31.2 Å². The quantitative estimate of drug-likeness (QED) is 0.326. The number of allylic oxidation sites excluding steroid dienone is 4. The molecule has 0 N–H and O–H groups in total. The van der Waals surface area contributed by atoms with E-state index >= 15 is 0 Å². The maximum atomic E-state index is 12.1. The highest BCUT2D eigenvalue weighted by Gasteiger charge is 2.63. The number of carbonyl (C=O) groups is 1. The molecule has 0 aromatic rings. The van der Waals surface area contributed by atoms with Crippen LogP contribution < -0.4 is 0 Å². The van der Waals surface area contributed by atoms with E-state index in [0.717, 1.165) is 57.1 Å². The molecule has 4 aliphatic rings. The van der Waals surface area contributed by atoms with Crippen molar-refractivity contribution in [2.24, 2.45) is 22.4 Å². The van der Waals surface area contributed by atoms with E-state index in [4.69, 9.17) is 19.6 Å². The Morgan fingerprint density at radius 2 is 2.03 bits per heavy atom. The fourth-order valence-corrected chi connectivity index (χ4v) is 6.75. The highest BCUT2D eigenvalue weighted by molar-refractivity contribution is 5.97. The van der Waals surface area contributed by atoms with Crippen LogP contribution in [0.2, 0.25) is 0 Å². The summed E-state index contributed by atoms with van der Waals surface area (Å²) < 4.78 is 10.7. The van der Waals surface area contributed by atoms with E-state index in [-0.39, 0.29) is 11.8 Å². The first-order valence-electron chi connectivity index (χ1n) is 11.6. The standard InChI is InChI=1S/C25H31N3O4/c1-24-10-8-20-19-7-5-18(28-31-15-3-13-26)16-17(19)4-6-21(20)22(24)9-11-25(24,12-14-27)32-23(29)30-2/h16,21-22H,3-12,15H2,1-2H3/t21?,22?,24-,25+/m0/s1. The van der Waals surface area contributed by atoms with Crippen molar-refractivity contribution in [1.82, 2.24) is 0 Å². The van der Waals surface area contributed by atoms with Gasteiger partial charge in [-0.1, -0.05) is 17.7 Å². The first-order valence-corrected chi connectivity index (χ1v) is 11.6. The molecule has 0 radical (unpaired) electrons. The van der Waals surface area contributed by atoms with Gasteiger partial charge in [0.15, 0.2) is 0 Å². The van der Waals surface area contributed by atoms with Gasteiger partial charge in [-0.3, -0.25) is 0 Å². The van der Waals surface area contributed by atoms with Crippen molar-refractivity contribution in [2.75, 3.05) is 13.7 Å². The van der Waals surface area contributed by atoms with Gasteiger partial charge >= 0.3 is 6.16 Å². The predicted molar refractivity (Wildman–Crippen MR) is 117 cm³/mol. The number of rotatable bonds is 5. The lowest BCUT2D eigenvalue weighted by atomic mass is 9.54. The van der Waals surface area contributed by atoms with Crippen LogP contribution in [0.15, 0.2) is 28.0 Å². The average Bonchev–Trinajstić information content (AvgIpc) is 3.08. The van der Waals surface area contributed by atoms with Crippen molar-refractivity contribution in [2.45, 2.75) is 76.7 Å². The molecule has 0 aromatic carbocycles. The lowest BCUT2D eigenvalue weighted by Crippen LogP contribution is -2.52. The van der Waals surface area contributed by atoms with E-state index in [2.05, 4.69) is 30.3 Å². The van der Waals surface area contributed by atoms with Gasteiger partial charge in [0.2, 0.25) is 0 Å². The third kappa shape index (κ3) is 3.68. The predicted octanol–water partition coefficient (Wildman–Crippen LogP) is 5.35. The Morgan fingerprint density at radius 3 is 2.78 bits per heavy atom. The summed E-state index contributed by atoms with van der Waals surface area (Å²) in [6.07, 6.45) is 9.55. The van der Waals surface area contributed by atoms with Crippen LogP contribution in [0.3, 0.4) is 0 Å². The summed E-state index contributed by atoms with van der Waals surface area (Å²) in [6, 6.07) is 4.35. The van der Waals surface area contributed by atoms with E-state index in [1.54, 1.807) is 5.57 Å². The second-order valence-electron chi connectivity index (χ2n) is 9.59. The van der Waals surface area contributed by atoms with Crippen molar-refractivity contribution >= 4 is 11.9 Å². The monoisotopic (exact) mass is 437 g/mol. The second kappa shape index (κ2) is 8.98. The molecule has 2 fully saturated rings. The number of fused-ring (bicyclic) bond motifs is 4. The molecule has 32 heavy (non-hydrogen) atoms. The minimum atomic E-state index is -0.765. The zero-order valence-electron chi connectivity index (χ0n) is 19.0. The maximum Gasteiger partial charge on any atom is 0.508 e. The Kier molecular flexibility index (Phi) is 6.29. The second-order valence-corrected chi connectivity index (χ2v) is 9.59. The Bertz CT molecular complexity index is 953. The molecule has 0 heterocycles. The Balaban J connectivity index is 1.58. The van der Waals surface area contributed by atoms with Crippen LogP contribution in [0, 0.1) is 39.9 Å². The summed E-state index contributed by atoms with van der Waals surface area (Å²) in [4.78, 5) is 17.4. The average molecular weight is 438 g/mol. The van der Waals surface area contributed by atoms with E-state index in [9.17, 15) is 10.1 Å². The number of carbonyl (C=O) groups excluding carboxylic acids is 1. The molecular weight excluding hydrogens is 406 g/mol. The summed E-state index contributed by atoms with van der Waals surface area (Å²) >= 11 is 0. The maximum absolute atomic E-state index is 12.1. The van der Waals surface area contributed by atoms with Gasteiger partial charge < -0.3 is 14.3 Å². The van der Waals surface area contributed by atoms with E-state index in [0.29, 0.717) is 24.9 Å². The molecule has 2 unspecified atom stereocenters. The number of methoxy groups -OCH3 is 1. The molecule has 0 spiro atoms. The highest BCUT2D eigenvalue weighted by Crippen LogP contribution is 2.65. The first-order chi connectivity index (χ1) is 15.5. The normalized spacial score (nSPS) is 34.4. The molecule has 0 saturated heterocycles. The van der Waals surface area contributed by atoms with Crippen molar-refractivity contribution in [1.29, 1.82) is 10.5 Å². The van der Waals surface area contributed by atoms with Crippen molar-refractivity contribution in [3.8, 4) is 12.1 Å². The van der Waals surface area contributed by atoms with Gasteiger partial charge in [0.25, 0.3) is 0 Å². The molecule has 0 aliphatic heterocycles. The number of oxime groups is 1.